The number of hydrogen-bond donors (Lipinski definition) is 1. The molecule has 2 N–H and O–H groups in total. The van der Waals surface area contributed by atoms with Gasteiger partial charge in [-0.15, -0.1) is 0 Å². The van der Waals surface area contributed by atoms with E-state index in [0.717, 1.165) is 12.8 Å². The molecule has 0 aliphatic heterocycles. The third-order valence-corrected chi connectivity index (χ3v) is 2.38. The average molecular weight is 242 g/mol. The summed E-state index contributed by atoms with van der Waals surface area (Å²) in [6.45, 7) is 3.91. The molecular weight excluding hydrogens is 226 g/mol. The second kappa shape index (κ2) is 5.75. The minimum absolute atomic E-state index is 0.0855. The number of benzene rings is 1. The zero-order chi connectivity index (χ0) is 12.1. The highest BCUT2D eigenvalue weighted by atomic mass is 35.5. The highest BCUT2D eigenvalue weighted by Gasteiger charge is 2.12. The summed E-state index contributed by atoms with van der Waals surface area (Å²) in [6.07, 6.45) is 1.74. The van der Waals surface area contributed by atoms with E-state index in [0.29, 0.717) is 16.3 Å². The highest BCUT2D eigenvalue weighted by molar-refractivity contribution is 6.31. The topological polar surface area (TPSA) is 52.3 Å². The van der Waals surface area contributed by atoms with Gasteiger partial charge in [0.05, 0.1) is 11.7 Å². The van der Waals surface area contributed by atoms with Crippen molar-refractivity contribution in [3.05, 3.63) is 28.8 Å². The van der Waals surface area contributed by atoms with Gasteiger partial charge in [0.15, 0.2) is 0 Å². The lowest BCUT2D eigenvalue weighted by Gasteiger charge is -2.12. The minimum atomic E-state index is -0.379. The van der Waals surface area contributed by atoms with E-state index in [1.165, 1.54) is 0 Å². The van der Waals surface area contributed by atoms with E-state index < -0.39 is 0 Å². The molecular formula is C12H16ClNO2. The number of rotatable bonds is 4. The Hall–Kier alpha value is -1.22. The Balaban J connectivity index is 2.72. The van der Waals surface area contributed by atoms with Crippen LogP contribution in [0.15, 0.2) is 18.2 Å². The third-order valence-electron chi connectivity index (χ3n) is 2.16. The number of hydrogen-bond acceptors (Lipinski definition) is 3. The molecule has 1 atom stereocenters. The summed E-state index contributed by atoms with van der Waals surface area (Å²) < 4.78 is 5.23. The molecule has 3 nitrogen and oxygen atoms in total. The van der Waals surface area contributed by atoms with Crippen molar-refractivity contribution in [2.75, 3.05) is 5.73 Å². The summed E-state index contributed by atoms with van der Waals surface area (Å²) in [5, 5.41) is 0.440. The van der Waals surface area contributed by atoms with Crippen molar-refractivity contribution in [1.29, 1.82) is 0 Å². The SMILES string of the molecule is CCCC(C)OC(=O)c1cc(N)cc(Cl)c1. The quantitative estimate of drug-likeness (QED) is 0.650. The molecule has 88 valence electrons. The van der Waals surface area contributed by atoms with Crippen molar-refractivity contribution in [2.24, 2.45) is 0 Å². The van der Waals surface area contributed by atoms with Crippen LogP contribution in [-0.2, 0) is 4.74 Å². The van der Waals surface area contributed by atoms with Gasteiger partial charge in [0.1, 0.15) is 0 Å². The minimum Gasteiger partial charge on any atom is -0.459 e. The monoisotopic (exact) mass is 241 g/mol. The molecule has 0 amide bonds. The van der Waals surface area contributed by atoms with Crippen LogP contribution in [0.2, 0.25) is 5.02 Å². The van der Waals surface area contributed by atoms with Gasteiger partial charge in [-0.25, -0.2) is 4.79 Å². The summed E-state index contributed by atoms with van der Waals surface area (Å²) in [5.41, 5.74) is 6.45. The second-order valence-electron chi connectivity index (χ2n) is 3.78. The van der Waals surface area contributed by atoms with Gasteiger partial charge >= 0.3 is 5.97 Å². The van der Waals surface area contributed by atoms with Gasteiger partial charge in [0, 0.05) is 10.7 Å². The lowest BCUT2D eigenvalue weighted by Crippen LogP contribution is -2.14. The fourth-order valence-electron chi connectivity index (χ4n) is 1.45. The number of nitrogens with two attached hydrogens (primary N) is 1. The van der Waals surface area contributed by atoms with E-state index in [4.69, 9.17) is 22.1 Å². The number of esters is 1. The van der Waals surface area contributed by atoms with Crippen molar-refractivity contribution in [2.45, 2.75) is 32.8 Å². The van der Waals surface area contributed by atoms with Gasteiger partial charge in [-0.05, 0) is 31.5 Å². The van der Waals surface area contributed by atoms with Crippen molar-refractivity contribution < 1.29 is 9.53 Å². The van der Waals surface area contributed by atoms with Crippen LogP contribution < -0.4 is 5.73 Å². The number of carbonyl (C=O) groups is 1. The fourth-order valence-corrected chi connectivity index (χ4v) is 1.69. The Kier molecular flexibility index (Phi) is 4.62. The fraction of sp³-hybridized carbons (Fsp3) is 0.417. The number of halogens is 1. The van der Waals surface area contributed by atoms with E-state index >= 15 is 0 Å². The molecule has 0 spiro atoms. The molecule has 4 heteroatoms. The van der Waals surface area contributed by atoms with Crippen LogP contribution in [0.4, 0.5) is 5.69 Å². The maximum absolute atomic E-state index is 11.7. The van der Waals surface area contributed by atoms with Gasteiger partial charge in [-0.2, -0.15) is 0 Å². The van der Waals surface area contributed by atoms with Crippen molar-refractivity contribution in [1.82, 2.24) is 0 Å². The van der Waals surface area contributed by atoms with Crippen LogP contribution in [0.3, 0.4) is 0 Å². The first-order valence-corrected chi connectivity index (χ1v) is 5.67. The van der Waals surface area contributed by atoms with Gasteiger partial charge in [0.25, 0.3) is 0 Å². The van der Waals surface area contributed by atoms with Crippen molar-refractivity contribution in [3.63, 3.8) is 0 Å². The molecule has 1 aromatic carbocycles. The van der Waals surface area contributed by atoms with Crippen molar-refractivity contribution in [3.8, 4) is 0 Å². The first-order chi connectivity index (χ1) is 7.52. The Bertz CT molecular complexity index is 359. The molecule has 0 aromatic heterocycles. The van der Waals surface area contributed by atoms with Gasteiger partial charge < -0.3 is 10.5 Å². The van der Waals surface area contributed by atoms with Crippen LogP contribution in [0.1, 0.15) is 37.0 Å². The second-order valence-corrected chi connectivity index (χ2v) is 4.21. The molecule has 0 fully saturated rings. The summed E-state index contributed by atoms with van der Waals surface area (Å²) in [5.74, 6) is -0.379. The maximum Gasteiger partial charge on any atom is 0.338 e. The summed E-state index contributed by atoms with van der Waals surface area (Å²) in [6, 6.07) is 4.71. The molecule has 0 saturated heterocycles. The lowest BCUT2D eigenvalue weighted by molar-refractivity contribution is 0.0323. The molecule has 0 aliphatic rings. The van der Waals surface area contributed by atoms with E-state index in [9.17, 15) is 4.79 Å². The Morgan fingerprint density at radius 1 is 1.50 bits per heavy atom. The van der Waals surface area contributed by atoms with Crippen LogP contribution in [0, 0.1) is 0 Å². The summed E-state index contributed by atoms with van der Waals surface area (Å²) in [7, 11) is 0. The van der Waals surface area contributed by atoms with Crippen LogP contribution in [0.25, 0.3) is 0 Å². The van der Waals surface area contributed by atoms with Gasteiger partial charge in [0.2, 0.25) is 0 Å². The van der Waals surface area contributed by atoms with Crippen LogP contribution >= 0.6 is 11.6 Å². The lowest BCUT2D eigenvalue weighted by atomic mass is 10.2. The van der Waals surface area contributed by atoms with E-state index in [1.54, 1.807) is 18.2 Å². The molecule has 0 radical (unpaired) electrons. The van der Waals surface area contributed by atoms with E-state index in [-0.39, 0.29) is 12.1 Å². The van der Waals surface area contributed by atoms with E-state index in [1.807, 2.05) is 13.8 Å². The maximum atomic E-state index is 11.7. The predicted octanol–water partition coefficient (Wildman–Crippen LogP) is 3.27. The first kappa shape index (κ1) is 12.8. The molecule has 0 bridgehead atoms. The normalized spacial score (nSPS) is 12.2. The predicted molar refractivity (Wildman–Crippen MR) is 65.6 cm³/mol. The molecule has 0 saturated carbocycles. The van der Waals surface area contributed by atoms with Gasteiger partial charge in [-0.1, -0.05) is 24.9 Å². The number of nitrogen functional groups attached to an aromatic ring is 1. The standard InChI is InChI=1S/C12H16ClNO2/c1-3-4-8(2)16-12(15)9-5-10(13)7-11(14)6-9/h5-8H,3-4,14H2,1-2H3. The Morgan fingerprint density at radius 3 is 2.75 bits per heavy atom. The number of anilines is 1. The summed E-state index contributed by atoms with van der Waals surface area (Å²) in [4.78, 5) is 11.7. The smallest absolute Gasteiger partial charge is 0.338 e. The van der Waals surface area contributed by atoms with E-state index in [2.05, 4.69) is 0 Å². The van der Waals surface area contributed by atoms with Crippen molar-refractivity contribution >= 4 is 23.3 Å². The molecule has 0 aliphatic carbocycles. The molecule has 1 aromatic rings. The molecule has 1 unspecified atom stereocenters. The first-order valence-electron chi connectivity index (χ1n) is 5.30. The summed E-state index contributed by atoms with van der Waals surface area (Å²) >= 11 is 5.80. The zero-order valence-electron chi connectivity index (χ0n) is 9.50. The van der Waals surface area contributed by atoms with Gasteiger partial charge in [-0.3, -0.25) is 0 Å². The molecule has 16 heavy (non-hydrogen) atoms. The zero-order valence-corrected chi connectivity index (χ0v) is 10.3. The Morgan fingerprint density at radius 2 is 2.19 bits per heavy atom. The third kappa shape index (κ3) is 3.74. The number of carbonyl (C=O) groups excluding carboxylic acids is 1. The largest absolute Gasteiger partial charge is 0.459 e. The highest BCUT2D eigenvalue weighted by Crippen LogP contribution is 2.18. The van der Waals surface area contributed by atoms with Crippen LogP contribution in [-0.4, -0.2) is 12.1 Å². The number of ether oxygens (including phenoxy) is 1. The Labute approximate surface area is 101 Å². The molecule has 0 heterocycles. The molecule has 1 rings (SSSR count). The van der Waals surface area contributed by atoms with Crippen LogP contribution in [0.5, 0.6) is 0 Å². The average Bonchev–Trinajstić information content (AvgIpc) is 2.16.